The molecule has 2 amide bonds. The minimum atomic E-state index is -0.270. The van der Waals surface area contributed by atoms with Gasteiger partial charge in [-0.25, -0.2) is 4.98 Å². The van der Waals surface area contributed by atoms with Crippen molar-refractivity contribution in [2.75, 3.05) is 29.9 Å². The summed E-state index contributed by atoms with van der Waals surface area (Å²) >= 11 is 5.91. The smallest absolute Gasteiger partial charge is 0.257 e. The van der Waals surface area contributed by atoms with Gasteiger partial charge < -0.3 is 15.5 Å². The Kier molecular flexibility index (Phi) is 6.77. The predicted molar refractivity (Wildman–Crippen MR) is 100 cm³/mol. The van der Waals surface area contributed by atoms with Crippen LogP contribution in [-0.4, -0.2) is 36.4 Å². The molecule has 0 atom stereocenters. The monoisotopic (exact) mass is 360 g/mol. The molecule has 0 aliphatic heterocycles. The van der Waals surface area contributed by atoms with Crippen LogP contribution in [0.2, 0.25) is 5.02 Å². The Hall–Kier alpha value is -2.60. The van der Waals surface area contributed by atoms with Gasteiger partial charge in [-0.2, -0.15) is 0 Å². The van der Waals surface area contributed by atoms with Gasteiger partial charge >= 0.3 is 0 Å². The quantitative estimate of drug-likeness (QED) is 0.796. The van der Waals surface area contributed by atoms with Gasteiger partial charge in [-0.3, -0.25) is 9.59 Å². The molecule has 0 radical (unpaired) electrons. The summed E-state index contributed by atoms with van der Waals surface area (Å²) < 4.78 is 0. The number of hydrogen-bond acceptors (Lipinski definition) is 4. The van der Waals surface area contributed by atoms with Crippen LogP contribution in [0, 0.1) is 0 Å². The lowest BCUT2D eigenvalue weighted by molar-refractivity contribution is -0.119. The molecule has 6 nitrogen and oxygen atoms in total. The lowest BCUT2D eigenvalue weighted by Gasteiger charge is -2.21. The summed E-state index contributed by atoms with van der Waals surface area (Å²) in [6.45, 7) is 5.27. The zero-order valence-electron chi connectivity index (χ0n) is 14.3. The number of amides is 2. The number of halogens is 1. The van der Waals surface area contributed by atoms with Gasteiger partial charge in [0, 0.05) is 30.0 Å². The number of pyridine rings is 1. The van der Waals surface area contributed by atoms with Crippen LogP contribution in [0.1, 0.15) is 24.2 Å². The van der Waals surface area contributed by atoms with E-state index >= 15 is 0 Å². The van der Waals surface area contributed by atoms with Crippen molar-refractivity contribution >= 4 is 34.9 Å². The molecule has 0 fully saturated rings. The van der Waals surface area contributed by atoms with Gasteiger partial charge in [0.1, 0.15) is 5.82 Å². The molecule has 2 aromatic rings. The van der Waals surface area contributed by atoms with E-state index in [0.717, 1.165) is 0 Å². The largest absolute Gasteiger partial charge is 0.355 e. The number of nitrogens with zero attached hydrogens (tertiary/aromatic N) is 2. The fourth-order valence-electron chi connectivity index (χ4n) is 2.26. The van der Waals surface area contributed by atoms with Crippen molar-refractivity contribution in [3.63, 3.8) is 0 Å². The van der Waals surface area contributed by atoms with Crippen molar-refractivity contribution in [2.24, 2.45) is 0 Å². The second-order valence-corrected chi connectivity index (χ2v) is 5.77. The summed E-state index contributed by atoms with van der Waals surface area (Å²) in [4.78, 5) is 30.1. The van der Waals surface area contributed by atoms with Crippen LogP contribution >= 0.6 is 11.6 Å². The molecule has 132 valence electrons. The molecule has 0 saturated heterocycles. The van der Waals surface area contributed by atoms with E-state index in [4.69, 9.17) is 11.6 Å². The van der Waals surface area contributed by atoms with Gasteiger partial charge in [0.25, 0.3) is 5.91 Å². The lowest BCUT2D eigenvalue weighted by atomic mass is 10.2. The molecule has 0 unspecified atom stereocenters. The Labute approximate surface area is 152 Å². The van der Waals surface area contributed by atoms with Gasteiger partial charge in [0.05, 0.1) is 12.1 Å². The minimum absolute atomic E-state index is 0.0612. The fourth-order valence-corrected chi connectivity index (χ4v) is 2.45. The highest BCUT2D eigenvalue weighted by molar-refractivity contribution is 6.30. The summed E-state index contributed by atoms with van der Waals surface area (Å²) in [7, 11) is 0. The molecule has 2 rings (SSSR count). The summed E-state index contributed by atoms with van der Waals surface area (Å²) in [5.74, 6) is 0.315. The Morgan fingerprint density at radius 2 is 2.00 bits per heavy atom. The number of likely N-dealkylation sites (N-methyl/N-ethyl adjacent to an activating group) is 2. The van der Waals surface area contributed by atoms with Crippen molar-refractivity contribution < 1.29 is 9.59 Å². The maximum Gasteiger partial charge on any atom is 0.257 e. The molecule has 2 N–H and O–H groups in total. The highest BCUT2D eigenvalue weighted by Crippen LogP contribution is 2.16. The van der Waals surface area contributed by atoms with Crippen LogP contribution in [0.5, 0.6) is 0 Å². The average molecular weight is 361 g/mol. The summed E-state index contributed by atoms with van der Waals surface area (Å²) in [5, 5.41) is 6.08. The molecule has 25 heavy (non-hydrogen) atoms. The molecule has 0 spiro atoms. The number of nitrogens with one attached hydrogen (secondary N) is 2. The topological polar surface area (TPSA) is 74.3 Å². The molecule has 0 aliphatic carbocycles. The normalized spacial score (nSPS) is 10.2. The number of anilines is 2. The summed E-state index contributed by atoms with van der Waals surface area (Å²) in [6.07, 6.45) is 1.50. The van der Waals surface area contributed by atoms with E-state index in [0.29, 0.717) is 35.2 Å². The number of benzene rings is 1. The summed E-state index contributed by atoms with van der Waals surface area (Å²) in [6, 6.07) is 10.3. The Morgan fingerprint density at radius 1 is 1.20 bits per heavy atom. The first-order valence-electron chi connectivity index (χ1n) is 8.08. The Balaban J connectivity index is 2.05. The molecular formula is C18H21ClN4O2. The van der Waals surface area contributed by atoms with Crippen LogP contribution in [0.3, 0.4) is 0 Å². The first-order chi connectivity index (χ1) is 12.0. The van der Waals surface area contributed by atoms with Gasteiger partial charge in [0.15, 0.2) is 0 Å². The number of hydrogen-bond donors (Lipinski definition) is 2. The first kappa shape index (κ1) is 18.7. The van der Waals surface area contributed by atoms with Crippen molar-refractivity contribution in [3.8, 4) is 0 Å². The lowest BCUT2D eigenvalue weighted by Crippen LogP contribution is -2.37. The maximum absolute atomic E-state index is 12.3. The highest BCUT2D eigenvalue weighted by Gasteiger charge is 2.12. The standard InChI is InChI=1S/C18H21ClN4O2/c1-3-20-17(24)12-23(4-2)16-9-8-13(11-21-16)18(25)22-15-7-5-6-14(19)10-15/h5-11H,3-4,12H2,1-2H3,(H,20,24)(H,22,25). The van der Waals surface area contributed by atoms with Gasteiger partial charge in [0.2, 0.25) is 5.91 Å². The fraction of sp³-hybridized carbons (Fsp3) is 0.278. The summed E-state index contributed by atoms with van der Waals surface area (Å²) in [5.41, 5.74) is 1.05. The third-order valence-electron chi connectivity index (χ3n) is 3.51. The van der Waals surface area contributed by atoms with Crippen molar-refractivity contribution in [1.82, 2.24) is 10.3 Å². The molecule has 1 aromatic carbocycles. The van der Waals surface area contributed by atoms with E-state index < -0.39 is 0 Å². The van der Waals surface area contributed by atoms with E-state index in [1.165, 1.54) is 6.20 Å². The van der Waals surface area contributed by atoms with Gasteiger partial charge in [-0.1, -0.05) is 17.7 Å². The molecule has 7 heteroatoms. The molecule has 1 aromatic heterocycles. The second kappa shape index (κ2) is 9.03. The minimum Gasteiger partial charge on any atom is -0.355 e. The van der Waals surface area contributed by atoms with E-state index in [-0.39, 0.29) is 18.4 Å². The second-order valence-electron chi connectivity index (χ2n) is 5.34. The zero-order chi connectivity index (χ0) is 18.2. The number of carbonyl (C=O) groups excluding carboxylic acids is 2. The number of carbonyl (C=O) groups is 2. The number of rotatable bonds is 7. The van der Waals surface area contributed by atoms with Crippen LogP contribution in [0.15, 0.2) is 42.6 Å². The third-order valence-corrected chi connectivity index (χ3v) is 3.74. The van der Waals surface area contributed by atoms with Crippen LogP contribution in [0.25, 0.3) is 0 Å². The van der Waals surface area contributed by atoms with E-state index in [9.17, 15) is 9.59 Å². The highest BCUT2D eigenvalue weighted by atomic mass is 35.5. The van der Waals surface area contributed by atoms with Gasteiger partial charge in [-0.15, -0.1) is 0 Å². The molecule has 0 aliphatic rings. The maximum atomic E-state index is 12.3. The average Bonchev–Trinajstić information content (AvgIpc) is 2.60. The predicted octanol–water partition coefficient (Wildman–Crippen LogP) is 2.95. The van der Waals surface area contributed by atoms with E-state index in [2.05, 4.69) is 15.6 Å². The van der Waals surface area contributed by atoms with Gasteiger partial charge in [-0.05, 0) is 44.2 Å². The Bertz CT molecular complexity index is 734. The molecule has 0 saturated carbocycles. The SMILES string of the molecule is CCNC(=O)CN(CC)c1ccc(C(=O)Nc2cccc(Cl)c2)cn1. The van der Waals surface area contributed by atoms with Crippen LogP contribution in [-0.2, 0) is 4.79 Å². The Morgan fingerprint density at radius 3 is 2.60 bits per heavy atom. The van der Waals surface area contributed by atoms with Crippen molar-refractivity contribution in [3.05, 3.63) is 53.2 Å². The van der Waals surface area contributed by atoms with Crippen molar-refractivity contribution in [1.29, 1.82) is 0 Å². The third kappa shape index (κ3) is 5.46. The molecule has 1 heterocycles. The van der Waals surface area contributed by atoms with E-state index in [1.54, 1.807) is 36.4 Å². The van der Waals surface area contributed by atoms with Crippen molar-refractivity contribution in [2.45, 2.75) is 13.8 Å². The zero-order valence-corrected chi connectivity index (χ0v) is 15.0. The molecule has 0 bridgehead atoms. The first-order valence-corrected chi connectivity index (χ1v) is 8.46. The van der Waals surface area contributed by atoms with E-state index in [1.807, 2.05) is 18.7 Å². The molecular weight excluding hydrogens is 340 g/mol. The van der Waals surface area contributed by atoms with Crippen LogP contribution in [0.4, 0.5) is 11.5 Å². The number of aromatic nitrogens is 1. The van der Waals surface area contributed by atoms with Crippen LogP contribution < -0.4 is 15.5 Å².